The van der Waals surface area contributed by atoms with Crippen LogP contribution < -0.4 is 5.32 Å². The molecule has 0 unspecified atom stereocenters. The van der Waals surface area contributed by atoms with E-state index in [1.54, 1.807) is 18.5 Å². The topological polar surface area (TPSA) is 84.3 Å². The molecule has 0 aliphatic carbocycles. The molecule has 0 atom stereocenters. The van der Waals surface area contributed by atoms with Crippen LogP contribution in [-0.2, 0) is 13.5 Å². The van der Waals surface area contributed by atoms with Crippen LogP contribution in [0.4, 0.5) is 0 Å². The minimum Gasteiger partial charge on any atom is -0.352 e. The molecule has 1 aromatic heterocycles. The number of amides is 3. The lowest BCUT2D eigenvalue weighted by atomic mass is 10.1. The van der Waals surface area contributed by atoms with Crippen LogP contribution in [0, 0.1) is 5.92 Å². The maximum atomic E-state index is 12.5. The van der Waals surface area contributed by atoms with Crippen LogP contribution in [0.15, 0.2) is 30.7 Å². The zero-order chi connectivity index (χ0) is 18.8. The third-order valence-electron chi connectivity index (χ3n) is 4.21. The number of aromatic nitrogens is 2. The van der Waals surface area contributed by atoms with E-state index >= 15 is 0 Å². The van der Waals surface area contributed by atoms with E-state index in [9.17, 15) is 14.4 Å². The molecule has 1 aliphatic rings. The Bertz CT molecular complexity index is 869. The molecule has 1 N–H and O–H groups in total. The molecule has 2 heterocycles. The van der Waals surface area contributed by atoms with E-state index in [0.29, 0.717) is 36.2 Å². The zero-order valence-corrected chi connectivity index (χ0v) is 15.2. The summed E-state index contributed by atoms with van der Waals surface area (Å²) in [5.41, 5.74) is 1.93. The van der Waals surface area contributed by atoms with Gasteiger partial charge in [-0.2, -0.15) is 0 Å². The monoisotopic (exact) mass is 354 g/mol. The highest BCUT2D eigenvalue weighted by molar-refractivity contribution is 6.22. The van der Waals surface area contributed by atoms with Gasteiger partial charge >= 0.3 is 0 Å². The number of aryl methyl sites for hydroxylation is 1. The van der Waals surface area contributed by atoms with Crippen molar-refractivity contribution >= 4 is 17.7 Å². The second kappa shape index (κ2) is 7.11. The summed E-state index contributed by atoms with van der Waals surface area (Å²) in [7, 11) is 1.89. The largest absolute Gasteiger partial charge is 0.352 e. The average molecular weight is 354 g/mol. The number of benzene rings is 1. The standard InChI is InChI=1S/C19H22N4O3/c1-12(2)9-23-18(25)15-5-4-13(8-16(15)19(23)26)17(24)20-7-6-14-10-22(3)11-21-14/h4-5,8,10-12H,6-7,9H2,1-3H3,(H,20,24). The van der Waals surface area contributed by atoms with Gasteiger partial charge in [0.1, 0.15) is 0 Å². The number of nitrogens with zero attached hydrogens (tertiary/aromatic N) is 3. The molecule has 0 bridgehead atoms. The van der Waals surface area contributed by atoms with E-state index < -0.39 is 0 Å². The van der Waals surface area contributed by atoms with E-state index in [0.717, 1.165) is 5.69 Å². The summed E-state index contributed by atoms with van der Waals surface area (Å²) in [6.07, 6.45) is 4.23. The maximum Gasteiger partial charge on any atom is 0.261 e. The van der Waals surface area contributed by atoms with Crippen LogP contribution in [0.2, 0.25) is 0 Å². The smallest absolute Gasteiger partial charge is 0.261 e. The summed E-state index contributed by atoms with van der Waals surface area (Å²) in [6, 6.07) is 4.65. The number of fused-ring (bicyclic) bond motifs is 1. The molecule has 1 aliphatic heterocycles. The molecule has 136 valence electrons. The minimum absolute atomic E-state index is 0.187. The molecule has 7 heteroatoms. The Morgan fingerprint density at radius 2 is 1.92 bits per heavy atom. The van der Waals surface area contributed by atoms with E-state index in [1.165, 1.54) is 11.0 Å². The predicted octanol–water partition coefficient (Wildman–Crippen LogP) is 1.64. The van der Waals surface area contributed by atoms with Gasteiger partial charge in [0.15, 0.2) is 0 Å². The molecule has 0 radical (unpaired) electrons. The molecule has 0 spiro atoms. The molecule has 1 aromatic carbocycles. The summed E-state index contributed by atoms with van der Waals surface area (Å²) in [6.45, 7) is 4.71. The molecule has 3 amide bonds. The van der Waals surface area contributed by atoms with Crippen LogP contribution in [-0.4, -0.2) is 45.3 Å². The fourth-order valence-electron chi connectivity index (χ4n) is 2.97. The van der Waals surface area contributed by atoms with Crippen LogP contribution in [0.3, 0.4) is 0 Å². The van der Waals surface area contributed by atoms with Gasteiger partial charge in [0.05, 0.1) is 23.1 Å². The Balaban J connectivity index is 1.67. The first-order valence-corrected chi connectivity index (χ1v) is 8.62. The fourth-order valence-corrected chi connectivity index (χ4v) is 2.97. The third-order valence-corrected chi connectivity index (χ3v) is 4.21. The minimum atomic E-state index is -0.332. The molecule has 0 fully saturated rings. The van der Waals surface area contributed by atoms with Crippen molar-refractivity contribution in [3.63, 3.8) is 0 Å². The number of carbonyl (C=O) groups is 3. The average Bonchev–Trinajstić information content (AvgIpc) is 3.11. The van der Waals surface area contributed by atoms with Crippen molar-refractivity contribution in [1.82, 2.24) is 19.8 Å². The van der Waals surface area contributed by atoms with Gasteiger partial charge in [0, 0.05) is 38.3 Å². The Morgan fingerprint density at radius 3 is 2.58 bits per heavy atom. The highest BCUT2D eigenvalue weighted by Gasteiger charge is 2.36. The predicted molar refractivity (Wildman–Crippen MR) is 95.9 cm³/mol. The number of hydrogen-bond acceptors (Lipinski definition) is 4. The number of rotatable bonds is 6. The lowest BCUT2D eigenvalue weighted by molar-refractivity contribution is 0.0636. The zero-order valence-electron chi connectivity index (χ0n) is 15.2. The van der Waals surface area contributed by atoms with Gasteiger partial charge in [-0.05, 0) is 24.1 Å². The van der Waals surface area contributed by atoms with Crippen LogP contribution in [0.1, 0.15) is 50.6 Å². The van der Waals surface area contributed by atoms with Crippen molar-refractivity contribution in [2.24, 2.45) is 13.0 Å². The second-order valence-corrected chi connectivity index (χ2v) is 6.91. The number of hydrogen-bond donors (Lipinski definition) is 1. The van der Waals surface area contributed by atoms with Crippen molar-refractivity contribution < 1.29 is 14.4 Å². The van der Waals surface area contributed by atoms with Crippen molar-refractivity contribution in [2.75, 3.05) is 13.1 Å². The third kappa shape index (κ3) is 3.51. The molecular formula is C19H22N4O3. The Hall–Kier alpha value is -2.96. The second-order valence-electron chi connectivity index (χ2n) is 6.91. The highest BCUT2D eigenvalue weighted by atomic mass is 16.2. The molecule has 3 rings (SSSR count). The van der Waals surface area contributed by atoms with Gasteiger partial charge in [0.25, 0.3) is 17.7 Å². The Kier molecular flexibility index (Phi) is 4.88. The van der Waals surface area contributed by atoms with Crippen molar-refractivity contribution in [1.29, 1.82) is 0 Å². The first-order valence-electron chi connectivity index (χ1n) is 8.62. The Labute approximate surface area is 152 Å². The highest BCUT2D eigenvalue weighted by Crippen LogP contribution is 2.24. The molecular weight excluding hydrogens is 332 g/mol. The van der Waals surface area contributed by atoms with E-state index in [2.05, 4.69) is 10.3 Å². The normalized spacial score (nSPS) is 13.5. The van der Waals surface area contributed by atoms with Gasteiger partial charge in [0.2, 0.25) is 0 Å². The first-order chi connectivity index (χ1) is 12.4. The molecule has 26 heavy (non-hydrogen) atoms. The van der Waals surface area contributed by atoms with Gasteiger partial charge in [-0.3, -0.25) is 19.3 Å². The van der Waals surface area contributed by atoms with Crippen LogP contribution in [0.25, 0.3) is 0 Å². The number of imide groups is 1. The number of nitrogens with one attached hydrogen (secondary N) is 1. The van der Waals surface area contributed by atoms with Crippen LogP contribution in [0.5, 0.6) is 0 Å². The van der Waals surface area contributed by atoms with Crippen molar-refractivity contribution in [2.45, 2.75) is 20.3 Å². The van der Waals surface area contributed by atoms with E-state index in [-0.39, 0.29) is 23.6 Å². The van der Waals surface area contributed by atoms with E-state index in [4.69, 9.17) is 0 Å². The molecule has 2 aromatic rings. The summed E-state index contributed by atoms with van der Waals surface area (Å²) >= 11 is 0. The maximum absolute atomic E-state index is 12.5. The quantitative estimate of drug-likeness (QED) is 0.800. The number of carbonyl (C=O) groups excluding carboxylic acids is 3. The fraction of sp³-hybridized carbons (Fsp3) is 0.368. The Morgan fingerprint density at radius 1 is 1.19 bits per heavy atom. The molecule has 7 nitrogen and oxygen atoms in total. The molecule has 0 saturated carbocycles. The number of imidazole rings is 1. The summed E-state index contributed by atoms with van der Waals surface area (Å²) in [5.74, 6) is -0.708. The van der Waals surface area contributed by atoms with Gasteiger partial charge in [-0.25, -0.2) is 4.98 Å². The summed E-state index contributed by atoms with van der Waals surface area (Å²) in [4.78, 5) is 42.6. The van der Waals surface area contributed by atoms with Crippen molar-refractivity contribution in [3.8, 4) is 0 Å². The lowest BCUT2D eigenvalue weighted by Crippen LogP contribution is -2.33. The summed E-state index contributed by atoms with van der Waals surface area (Å²) < 4.78 is 1.85. The van der Waals surface area contributed by atoms with Crippen molar-refractivity contribution in [3.05, 3.63) is 53.1 Å². The van der Waals surface area contributed by atoms with Crippen LogP contribution >= 0.6 is 0 Å². The SMILES string of the molecule is CC(C)CN1C(=O)c2ccc(C(=O)NCCc3cn(C)cn3)cc2C1=O. The summed E-state index contributed by atoms with van der Waals surface area (Å²) in [5, 5.41) is 2.82. The van der Waals surface area contributed by atoms with E-state index in [1.807, 2.05) is 31.7 Å². The lowest BCUT2D eigenvalue weighted by Gasteiger charge is -2.15. The van der Waals surface area contributed by atoms with Gasteiger partial charge in [-0.15, -0.1) is 0 Å². The molecule has 0 saturated heterocycles. The van der Waals surface area contributed by atoms with Gasteiger partial charge < -0.3 is 9.88 Å². The van der Waals surface area contributed by atoms with Gasteiger partial charge in [-0.1, -0.05) is 13.8 Å². The first kappa shape index (κ1) is 17.8.